The van der Waals surface area contributed by atoms with Gasteiger partial charge < -0.3 is 21.3 Å². The van der Waals surface area contributed by atoms with Crippen LogP contribution in [0.15, 0.2) is 0 Å². The maximum Gasteiger partial charge on any atom is 0.334 e. The van der Waals surface area contributed by atoms with Crippen molar-refractivity contribution in [3.63, 3.8) is 0 Å². The number of amides is 1. The fraction of sp³-hybridized carbons (Fsp3) is 0.818. The van der Waals surface area contributed by atoms with Crippen molar-refractivity contribution in [1.82, 2.24) is 5.32 Å². The van der Waals surface area contributed by atoms with Crippen LogP contribution in [0.1, 0.15) is 33.6 Å². The molecule has 0 rings (SSSR count). The molecule has 0 saturated heterocycles. The van der Waals surface area contributed by atoms with Gasteiger partial charge in [0.05, 0.1) is 6.54 Å². The van der Waals surface area contributed by atoms with Crippen LogP contribution in [-0.2, 0) is 9.59 Å². The van der Waals surface area contributed by atoms with Gasteiger partial charge in [-0.3, -0.25) is 4.79 Å². The molecule has 1 unspecified atom stereocenters. The molecule has 0 bridgehead atoms. The molecule has 0 aromatic heterocycles. The van der Waals surface area contributed by atoms with Crippen molar-refractivity contribution in [2.75, 3.05) is 6.54 Å². The highest BCUT2D eigenvalue weighted by Gasteiger charge is 2.19. The van der Waals surface area contributed by atoms with E-state index in [0.29, 0.717) is 6.42 Å². The Kier molecular flexibility index (Phi) is 6.12. The van der Waals surface area contributed by atoms with Crippen molar-refractivity contribution in [2.45, 2.75) is 45.8 Å². The Hall–Kier alpha value is -1.14. The van der Waals surface area contributed by atoms with Crippen LogP contribution < -0.4 is 11.1 Å². The van der Waals surface area contributed by atoms with Gasteiger partial charge in [-0.1, -0.05) is 20.8 Å². The average Bonchev–Trinajstić information content (AvgIpc) is 2.10. The van der Waals surface area contributed by atoms with E-state index in [0.717, 1.165) is 0 Å². The largest absolute Gasteiger partial charge is 0.479 e. The summed E-state index contributed by atoms with van der Waals surface area (Å²) in [6, 6.07) is -0.267. The number of rotatable bonds is 6. The summed E-state index contributed by atoms with van der Waals surface area (Å²) in [6.07, 6.45) is -0.747. The number of nitrogens with one attached hydrogen (secondary N) is 1. The van der Waals surface area contributed by atoms with E-state index >= 15 is 0 Å². The van der Waals surface area contributed by atoms with E-state index in [1.54, 1.807) is 0 Å². The summed E-state index contributed by atoms with van der Waals surface area (Å²) in [5.74, 6) is -1.70. The second-order valence-corrected chi connectivity index (χ2v) is 5.39. The van der Waals surface area contributed by atoms with Crippen molar-refractivity contribution in [3.05, 3.63) is 0 Å². The smallest absolute Gasteiger partial charge is 0.334 e. The van der Waals surface area contributed by atoms with Gasteiger partial charge in [0.2, 0.25) is 5.91 Å². The predicted octanol–water partition coefficient (Wildman–Crippen LogP) is -0.298. The van der Waals surface area contributed by atoms with E-state index < -0.39 is 12.1 Å². The molecular weight excluding hydrogens is 224 g/mol. The fourth-order valence-corrected chi connectivity index (χ4v) is 1.47. The van der Waals surface area contributed by atoms with Gasteiger partial charge in [0, 0.05) is 12.5 Å². The molecule has 17 heavy (non-hydrogen) atoms. The van der Waals surface area contributed by atoms with E-state index in [9.17, 15) is 9.59 Å². The highest BCUT2D eigenvalue weighted by atomic mass is 16.4. The predicted molar refractivity (Wildman–Crippen MR) is 63.3 cm³/mol. The minimum Gasteiger partial charge on any atom is -0.479 e. The molecule has 0 aromatic rings. The second kappa shape index (κ2) is 6.56. The van der Waals surface area contributed by atoms with Crippen LogP contribution in [0.25, 0.3) is 0 Å². The Balaban J connectivity index is 3.90. The maximum atomic E-state index is 11.4. The van der Waals surface area contributed by atoms with Crippen LogP contribution in [0.2, 0.25) is 0 Å². The lowest BCUT2D eigenvalue weighted by atomic mass is 9.87. The van der Waals surface area contributed by atoms with E-state index in [1.807, 2.05) is 20.8 Å². The molecule has 0 saturated carbocycles. The summed E-state index contributed by atoms with van der Waals surface area (Å²) in [6.45, 7) is 5.78. The van der Waals surface area contributed by atoms with Crippen molar-refractivity contribution >= 4 is 11.9 Å². The number of carbonyl (C=O) groups excluding carboxylic acids is 1. The van der Waals surface area contributed by atoms with Crippen LogP contribution in [-0.4, -0.2) is 40.8 Å². The third-order valence-electron chi connectivity index (χ3n) is 2.10. The highest BCUT2D eigenvalue weighted by molar-refractivity contribution is 5.78. The summed E-state index contributed by atoms with van der Waals surface area (Å²) in [4.78, 5) is 21.7. The Bertz CT molecular complexity index is 273. The van der Waals surface area contributed by atoms with Crippen LogP contribution in [0.4, 0.5) is 0 Å². The number of aliphatic carboxylic acids is 1. The molecule has 0 aliphatic rings. The monoisotopic (exact) mass is 246 g/mol. The van der Waals surface area contributed by atoms with E-state index in [4.69, 9.17) is 15.9 Å². The molecule has 2 atom stereocenters. The number of hydrogen-bond donors (Lipinski definition) is 4. The Morgan fingerprint density at radius 3 is 2.29 bits per heavy atom. The standard InChI is InChI=1S/C11H22N2O4/c1-11(2,3)5-7(12)4-9(15)13-6-8(14)10(16)17/h7-8,14H,4-6,12H2,1-3H3,(H,13,15)(H,16,17)/t7?,8-/m0/s1. The number of carboxylic acids is 1. The lowest BCUT2D eigenvalue weighted by molar-refractivity contribution is -0.146. The lowest BCUT2D eigenvalue weighted by Gasteiger charge is -2.22. The van der Waals surface area contributed by atoms with E-state index in [-0.39, 0.29) is 30.3 Å². The zero-order valence-electron chi connectivity index (χ0n) is 10.6. The number of carbonyl (C=O) groups is 2. The Morgan fingerprint density at radius 2 is 1.88 bits per heavy atom. The van der Waals surface area contributed by atoms with Gasteiger partial charge in [-0.2, -0.15) is 0 Å². The summed E-state index contributed by atoms with van der Waals surface area (Å²) >= 11 is 0. The molecule has 0 fully saturated rings. The number of carboxylic acid groups (broad SMARTS) is 1. The van der Waals surface area contributed by atoms with Crippen LogP contribution in [0.5, 0.6) is 0 Å². The Morgan fingerprint density at radius 1 is 1.35 bits per heavy atom. The van der Waals surface area contributed by atoms with Crippen molar-refractivity contribution in [3.8, 4) is 0 Å². The van der Waals surface area contributed by atoms with E-state index in [1.165, 1.54) is 0 Å². The minimum absolute atomic E-state index is 0.0419. The number of hydrogen-bond acceptors (Lipinski definition) is 4. The molecule has 5 N–H and O–H groups in total. The average molecular weight is 246 g/mol. The maximum absolute atomic E-state index is 11.4. The van der Waals surface area contributed by atoms with E-state index in [2.05, 4.69) is 5.32 Å². The third-order valence-corrected chi connectivity index (χ3v) is 2.10. The summed E-state index contributed by atoms with van der Waals surface area (Å²) in [5.41, 5.74) is 5.83. The highest BCUT2D eigenvalue weighted by Crippen LogP contribution is 2.20. The van der Waals surface area contributed by atoms with Crippen LogP contribution in [0, 0.1) is 5.41 Å². The molecule has 0 aromatic carbocycles. The van der Waals surface area contributed by atoms with Crippen LogP contribution >= 0.6 is 0 Å². The van der Waals surface area contributed by atoms with Crippen molar-refractivity contribution in [2.24, 2.45) is 11.1 Å². The zero-order chi connectivity index (χ0) is 13.6. The van der Waals surface area contributed by atoms with Gasteiger partial charge in [0.15, 0.2) is 6.10 Å². The summed E-state index contributed by atoms with van der Waals surface area (Å²) < 4.78 is 0. The third kappa shape index (κ3) is 8.65. The van der Waals surface area contributed by atoms with Gasteiger partial charge in [0.1, 0.15) is 0 Å². The van der Waals surface area contributed by atoms with Crippen molar-refractivity contribution in [1.29, 1.82) is 0 Å². The number of aliphatic hydroxyl groups excluding tert-OH is 1. The van der Waals surface area contributed by atoms with Gasteiger partial charge in [-0.05, 0) is 11.8 Å². The molecule has 0 radical (unpaired) electrons. The quantitative estimate of drug-likeness (QED) is 0.514. The number of aliphatic hydroxyl groups is 1. The summed E-state index contributed by atoms with van der Waals surface area (Å²) in [7, 11) is 0. The fourth-order valence-electron chi connectivity index (χ4n) is 1.47. The first-order valence-corrected chi connectivity index (χ1v) is 5.55. The summed E-state index contributed by atoms with van der Waals surface area (Å²) in [5, 5.41) is 19.7. The SMILES string of the molecule is CC(C)(C)CC(N)CC(=O)NC[C@H](O)C(=O)O. The second-order valence-electron chi connectivity index (χ2n) is 5.39. The molecule has 0 heterocycles. The van der Waals surface area contributed by atoms with Gasteiger partial charge in [-0.25, -0.2) is 4.79 Å². The normalized spacial score (nSPS) is 15.1. The molecular formula is C11H22N2O4. The Labute approximate surface area is 101 Å². The van der Waals surface area contributed by atoms with Gasteiger partial charge >= 0.3 is 5.97 Å². The molecule has 6 heteroatoms. The topological polar surface area (TPSA) is 113 Å². The zero-order valence-corrected chi connectivity index (χ0v) is 10.6. The molecule has 0 aliphatic heterocycles. The first-order chi connectivity index (χ1) is 7.61. The van der Waals surface area contributed by atoms with Crippen molar-refractivity contribution < 1.29 is 19.8 Å². The molecule has 6 nitrogen and oxygen atoms in total. The lowest BCUT2D eigenvalue weighted by Crippen LogP contribution is -2.39. The van der Waals surface area contributed by atoms with Gasteiger partial charge in [0.25, 0.3) is 0 Å². The molecule has 1 amide bonds. The molecule has 0 aliphatic carbocycles. The van der Waals surface area contributed by atoms with Gasteiger partial charge in [-0.15, -0.1) is 0 Å². The molecule has 0 spiro atoms. The first kappa shape index (κ1) is 15.9. The first-order valence-electron chi connectivity index (χ1n) is 5.55. The van der Waals surface area contributed by atoms with Crippen LogP contribution in [0.3, 0.4) is 0 Å². The minimum atomic E-state index is -1.57. The number of nitrogens with two attached hydrogens (primary N) is 1. The molecule has 100 valence electrons.